The lowest BCUT2D eigenvalue weighted by atomic mass is 9.94. The van der Waals surface area contributed by atoms with Gasteiger partial charge in [-0.1, -0.05) is 173 Å². The van der Waals surface area contributed by atoms with Gasteiger partial charge >= 0.3 is 11.9 Å². The molecule has 66 heavy (non-hydrogen) atoms. The molecular formula is C49H46Cl3NO12S. The van der Waals surface area contributed by atoms with E-state index in [4.69, 9.17) is 72.7 Å². The molecule has 13 nitrogen and oxygen atoms in total. The number of fused-ring (bicyclic) bond motifs is 1. The van der Waals surface area contributed by atoms with E-state index in [9.17, 15) is 19.5 Å². The van der Waals surface area contributed by atoms with Gasteiger partial charge in [0.1, 0.15) is 42.6 Å². The Bertz CT molecular complexity index is 2370. The number of benzene rings is 5. The van der Waals surface area contributed by atoms with Crippen LogP contribution in [-0.4, -0.2) is 93.8 Å². The summed E-state index contributed by atoms with van der Waals surface area (Å²) >= 11 is 19.8. The molecule has 8 rings (SSSR count). The first-order chi connectivity index (χ1) is 31.9. The van der Waals surface area contributed by atoms with Crippen LogP contribution >= 0.6 is 46.6 Å². The fourth-order valence-corrected chi connectivity index (χ4v) is 8.99. The van der Waals surface area contributed by atoms with Gasteiger partial charge in [-0.05, 0) is 42.3 Å². The van der Waals surface area contributed by atoms with Crippen LogP contribution in [0.2, 0.25) is 0 Å². The maximum Gasteiger partial charge on any atom is 0.338 e. The molecule has 3 saturated heterocycles. The highest BCUT2D eigenvalue weighted by Crippen LogP contribution is 2.42. The predicted molar refractivity (Wildman–Crippen MR) is 244 cm³/mol. The van der Waals surface area contributed by atoms with Crippen molar-refractivity contribution in [2.75, 3.05) is 6.61 Å². The summed E-state index contributed by atoms with van der Waals surface area (Å²) in [5.41, 5.74) is 2.29. The van der Waals surface area contributed by atoms with Crippen LogP contribution < -0.4 is 5.32 Å². The normalized spacial score (nSPS) is 27.5. The monoisotopic (exact) mass is 977 g/mol. The molecule has 0 aliphatic carbocycles. The Morgan fingerprint density at radius 3 is 1.98 bits per heavy atom. The van der Waals surface area contributed by atoms with Crippen molar-refractivity contribution in [3.05, 3.63) is 173 Å². The molecule has 1 unspecified atom stereocenters. The summed E-state index contributed by atoms with van der Waals surface area (Å²) in [5.74, 6) is -2.77. The van der Waals surface area contributed by atoms with E-state index in [1.54, 1.807) is 54.6 Å². The minimum Gasteiger partial charge on any atom is -0.459 e. The van der Waals surface area contributed by atoms with Crippen LogP contribution in [-0.2, 0) is 60.7 Å². The molecule has 5 aromatic carbocycles. The average Bonchev–Trinajstić information content (AvgIpc) is 3.33. The highest BCUT2D eigenvalue weighted by atomic mass is 35.6. The maximum atomic E-state index is 14.1. The number of thioether (sulfide) groups is 1. The Morgan fingerprint density at radius 2 is 1.35 bits per heavy atom. The molecule has 0 bridgehead atoms. The number of rotatable bonds is 14. The number of aliphatic hydroxyl groups is 1. The molecule has 0 radical (unpaired) electrons. The highest BCUT2D eigenvalue weighted by molar-refractivity contribution is 7.99. The highest BCUT2D eigenvalue weighted by Gasteiger charge is 2.58. The van der Waals surface area contributed by atoms with Crippen molar-refractivity contribution in [3.8, 4) is 0 Å². The second-order valence-corrected chi connectivity index (χ2v) is 19.2. The molecule has 1 amide bonds. The number of carbonyl (C=O) groups excluding carboxylic acids is 3. The Hall–Kier alpha value is -4.55. The number of carbonyl (C=O) groups is 3. The first kappa shape index (κ1) is 47.9. The second-order valence-electron chi connectivity index (χ2n) is 15.8. The van der Waals surface area contributed by atoms with Gasteiger partial charge in [0.25, 0.3) is 9.70 Å². The molecule has 3 aliphatic heterocycles. The van der Waals surface area contributed by atoms with Gasteiger partial charge in [0.15, 0.2) is 24.8 Å². The number of hydrogen-bond donors (Lipinski definition) is 2. The molecule has 0 saturated carbocycles. The van der Waals surface area contributed by atoms with Crippen molar-refractivity contribution in [2.24, 2.45) is 0 Å². The zero-order valence-corrected chi connectivity index (χ0v) is 38.4. The van der Waals surface area contributed by atoms with Crippen LogP contribution in [0.25, 0.3) is 0 Å². The van der Waals surface area contributed by atoms with Gasteiger partial charge < -0.3 is 48.3 Å². The average molecular weight is 979 g/mol. The molecule has 5 aromatic rings. The zero-order valence-electron chi connectivity index (χ0n) is 35.3. The summed E-state index contributed by atoms with van der Waals surface area (Å²) in [7, 11) is 0. The fraction of sp³-hybridized carbons (Fsp3) is 0.327. The van der Waals surface area contributed by atoms with Crippen molar-refractivity contribution in [1.29, 1.82) is 0 Å². The first-order valence-corrected chi connectivity index (χ1v) is 23.1. The topological polar surface area (TPSA) is 157 Å². The van der Waals surface area contributed by atoms with Crippen molar-refractivity contribution < 1.29 is 57.4 Å². The van der Waals surface area contributed by atoms with E-state index in [1.165, 1.54) is 11.8 Å². The number of amides is 1. The van der Waals surface area contributed by atoms with Crippen LogP contribution in [0.15, 0.2) is 150 Å². The van der Waals surface area contributed by atoms with E-state index in [0.29, 0.717) is 16.7 Å². The van der Waals surface area contributed by atoms with E-state index in [0.717, 1.165) is 10.5 Å². The molecule has 3 aliphatic rings. The molecular weight excluding hydrogens is 933 g/mol. The second kappa shape index (κ2) is 22.0. The van der Waals surface area contributed by atoms with E-state index >= 15 is 0 Å². The Kier molecular flexibility index (Phi) is 16.0. The number of alkyl halides is 3. The van der Waals surface area contributed by atoms with Crippen LogP contribution in [0.3, 0.4) is 0 Å². The lowest BCUT2D eigenvalue weighted by molar-refractivity contribution is -0.355. The summed E-state index contributed by atoms with van der Waals surface area (Å²) < 4.78 is 48.9. The fourth-order valence-electron chi connectivity index (χ4n) is 7.69. The van der Waals surface area contributed by atoms with Crippen molar-refractivity contribution in [3.63, 3.8) is 0 Å². The third kappa shape index (κ3) is 11.9. The molecule has 0 spiro atoms. The summed E-state index contributed by atoms with van der Waals surface area (Å²) in [4.78, 5) is 42.7. The maximum absolute atomic E-state index is 14.1. The number of hydrogen-bond acceptors (Lipinski definition) is 13. The molecule has 17 heteroatoms. The SMILES string of the molecule is Cc1ccc(S[C@@H]2O[C@@H]3COC(c4ccccc4)O[C@H]3[C@H](O[C@@H]3O[C@H](C(=O)OCc4ccccc4)[C@@H](O)[C@H](OCc4ccccc4)[C@H]3OC(=O)c3ccccc3)[C@H]2NC(=O)C(Cl)(Cl)Cl)cc1. The van der Waals surface area contributed by atoms with Gasteiger partial charge in [-0.3, -0.25) is 4.79 Å². The summed E-state index contributed by atoms with van der Waals surface area (Å²) in [6.07, 6.45) is -12.4. The summed E-state index contributed by atoms with van der Waals surface area (Å²) in [6.45, 7) is 1.72. The minimum atomic E-state index is -2.44. The molecule has 11 atom stereocenters. The van der Waals surface area contributed by atoms with Crippen molar-refractivity contribution >= 4 is 64.4 Å². The van der Waals surface area contributed by atoms with Crippen LogP contribution in [0.5, 0.6) is 0 Å². The predicted octanol–water partition coefficient (Wildman–Crippen LogP) is 7.81. The smallest absolute Gasteiger partial charge is 0.338 e. The van der Waals surface area contributed by atoms with E-state index < -0.39 is 88.4 Å². The van der Waals surface area contributed by atoms with Gasteiger partial charge in [-0.15, -0.1) is 0 Å². The zero-order chi connectivity index (χ0) is 46.2. The largest absolute Gasteiger partial charge is 0.459 e. The molecule has 346 valence electrons. The number of ether oxygens (including phenoxy) is 8. The standard InChI is InChI=1S/C49H46Cl3NO12S/c1-29-22-24-34(25-23-29)66-47-36(53-48(57)49(50,51)52)39(38-35(61-47)28-60-45(63-38)33-20-12-5-13-21-33)64-46-42(62-43(55)32-18-10-4-11-19-32)40(58-26-30-14-6-2-7-15-30)37(54)41(65-46)44(56)59-27-31-16-8-3-9-17-31/h2-25,35-42,45-47,54H,26-28H2,1H3,(H,53,57)/t35-,36-,37+,38-,39-,40+,41+,42-,45?,46-,47+/m1/s1. The van der Waals surface area contributed by atoms with Gasteiger partial charge in [-0.2, -0.15) is 0 Å². The van der Waals surface area contributed by atoms with Gasteiger partial charge in [0, 0.05) is 10.5 Å². The number of halogens is 3. The Balaban J connectivity index is 1.21. The quantitative estimate of drug-likeness (QED) is 0.0822. The molecule has 2 N–H and O–H groups in total. The molecule has 3 heterocycles. The Morgan fingerprint density at radius 1 is 0.742 bits per heavy atom. The van der Waals surface area contributed by atoms with Gasteiger partial charge in [0.2, 0.25) is 0 Å². The van der Waals surface area contributed by atoms with E-state index in [2.05, 4.69) is 5.32 Å². The summed E-state index contributed by atoms with van der Waals surface area (Å²) in [5, 5.41) is 14.9. The third-order valence-corrected chi connectivity index (χ3v) is 12.7. The van der Waals surface area contributed by atoms with Crippen LogP contribution in [0.1, 0.15) is 38.9 Å². The number of esters is 2. The third-order valence-electron chi connectivity index (χ3n) is 11.0. The van der Waals surface area contributed by atoms with Crippen LogP contribution in [0.4, 0.5) is 0 Å². The number of aliphatic hydroxyl groups excluding tert-OH is 1. The number of nitrogens with one attached hydrogen (secondary N) is 1. The van der Waals surface area contributed by atoms with E-state index in [1.807, 2.05) is 97.9 Å². The molecule has 3 fully saturated rings. The molecule has 0 aromatic heterocycles. The van der Waals surface area contributed by atoms with Crippen molar-refractivity contribution in [1.82, 2.24) is 5.32 Å². The van der Waals surface area contributed by atoms with Gasteiger partial charge in [0.05, 0.1) is 24.8 Å². The summed E-state index contributed by atoms with van der Waals surface area (Å²) in [6, 6.07) is 41.8. The Labute approximate surface area is 400 Å². The first-order valence-electron chi connectivity index (χ1n) is 21.1. The minimum absolute atomic E-state index is 0.00801. The lowest BCUT2D eigenvalue weighted by Gasteiger charge is -2.51. The number of aryl methyl sites for hydroxylation is 1. The van der Waals surface area contributed by atoms with E-state index in [-0.39, 0.29) is 25.4 Å². The van der Waals surface area contributed by atoms with Gasteiger partial charge in [-0.25, -0.2) is 9.59 Å². The van der Waals surface area contributed by atoms with Crippen molar-refractivity contribution in [2.45, 2.75) is 95.6 Å². The van der Waals surface area contributed by atoms with Crippen LogP contribution in [0, 0.1) is 6.92 Å². The lowest BCUT2D eigenvalue weighted by Crippen LogP contribution is -2.69.